The summed E-state index contributed by atoms with van der Waals surface area (Å²) < 4.78 is 0. The lowest BCUT2D eigenvalue weighted by molar-refractivity contribution is -0.115. The van der Waals surface area contributed by atoms with Crippen LogP contribution in [0.2, 0.25) is 5.02 Å². The molecule has 0 amide bonds. The molecule has 0 bridgehead atoms. The molecule has 2 nitrogen and oxygen atoms in total. The molecule has 0 heterocycles. The third kappa shape index (κ3) is 2.74. The molecule has 0 spiro atoms. The van der Waals surface area contributed by atoms with Crippen LogP contribution in [0.15, 0.2) is 18.2 Å². The fourth-order valence-corrected chi connectivity index (χ4v) is 1.42. The van der Waals surface area contributed by atoms with Crippen LogP contribution in [0.3, 0.4) is 0 Å². The molecule has 0 atom stereocenters. The first-order valence-electron chi connectivity index (χ1n) is 4.47. The molecule has 0 fully saturated rings. The van der Waals surface area contributed by atoms with Gasteiger partial charge >= 0.3 is 0 Å². The summed E-state index contributed by atoms with van der Waals surface area (Å²) in [5.74, 6) is 0.143. The predicted molar refractivity (Wildman–Crippen MR) is 60.1 cm³/mol. The minimum Gasteiger partial charge on any atom is -0.367 e. The Morgan fingerprint density at radius 2 is 2.14 bits per heavy atom. The van der Waals surface area contributed by atoms with Gasteiger partial charge in [-0.2, -0.15) is 0 Å². The number of hydrogen-bond acceptors (Lipinski definition) is 2. The number of rotatable bonds is 3. The summed E-state index contributed by atoms with van der Waals surface area (Å²) in [7, 11) is 1.88. The summed E-state index contributed by atoms with van der Waals surface area (Å²) in [6, 6.07) is 5.79. The number of ketones is 1. The zero-order chi connectivity index (χ0) is 10.7. The first-order valence-corrected chi connectivity index (χ1v) is 4.85. The number of anilines is 1. The van der Waals surface area contributed by atoms with E-state index in [1.165, 1.54) is 0 Å². The van der Waals surface area contributed by atoms with Crippen LogP contribution in [0.4, 0.5) is 5.69 Å². The van der Waals surface area contributed by atoms with Gasteiger partial charge in [0.25, 0.3) is 0 Å². The van der Waals surface area contributed by atoms with Gasteiger partial charge in [-0.05, 0) is 31.5 Å². The number of Topliss-reactive ketones (excluding diaryl/α,β-unsaturated/α-hetero) is 1. The highest BCUT2D eigenvalue weighted by Crippen LogP contribution is 2.22. The Kier molecular flexibility index (Phi) is 3.53. The minimum atomic E-state index is 0.143. The van der Waals surface area contributed by atoms with Crippen LogP contribution in [0.1, 0.15) is 12.5 Å². The SMILES string of the molecule is CC(=O)CN(C)c1ccc(C)c(Cl)c1. The van der Waals surface area contributed by atoms with Crippen molar-refractivity contribution in [2.45, 2.75) is 13.8 Å². The predicted octanol–water partition coefficient (Wildman–Crippen LogP) is 2.67. The molecule has 1 rings (SSSR count). The van der Waals surface area contributed by atoms with E-state index >= 15 is 0 Å². The molecule has 0 unspecified atom stereocenters. The van der Waals surface area contributed by atoms with Crippen molar-refractivity contribution in [3.8, 4) is 0 Å². The second kappa shape index (κ2) is 4.47. The van der Waals surface area contributed by atoms with Gasteiger partial charge in [-0.1, -0.05) is 17.7 Å². The quantitative estimate of drug-likeness (QED) is 0.766. The average molecular weight is 212 g/mol. The van der Waals surface area contributed by atoms with E-state index in [0.29, 0.717) is 6.54 Å². The molecule has 0 aliphatic heterocycles. The second-order valence-electron chi connectivity index (χ2n) is 3.49. The standard InChI is InChI=1S/C11H14ClNO/c1-8-4-5-10(6-11(8)12)13(3)7-9(2)14/h4-6H,7H2,1-3H3. The third-order valence-electron chi connectivity index (χ3n) is 2.06. The van der Waals surface area contributed by atoms with Crippen molar-refractivity contribution < 1.29 is 4.79 Å². The Morgan fingerprint density at radius 3 is 2.64 bits per heavy atom. The van der Waals surface area contributed by atoms with Gasteiger partial charge in [-0.15, -0.1) is 0 Å². The van der Waals surface area contributed by atoms with Crippen LogP contribution in [-0.2, 0) is 4.79 Å². The zero-order valence-corrected chi connectivity index (χ0v) is 9.43. The molecule has 0 N–H and O–H groups in total. The van der Waals surface area contributed by atoms with E-state index in [2.05, 4.69) is 0 Å². The first kappa shape index (κ1) is 11.1. The fraction of sp³-hybridized carbons (Fsp3) is 0.364. The Labute approximate surface area is 89.5 Å². The van der Waals surface area contributed by atoms with Gasteiger partial charge < -0.3 is 4.90 Å². The van der Waals surface area contributed by atoms with E-state index < -0.39 is 0 Å². The number of benzene rings is 1. The monoisotopic (exact) mass is 211 g/mol. The fourth-order valence-electron chi connectivity index (χ4n) is 1.24. The van der Waals surface area contributed by atoms with Gasteiger partial charge in [0, 0.05) is 17.8 Å². The molecule has 0 radical (unpaired) electrons. The van der Waals surface area contributed by atoms with E-state index in [1.807, 2.05) is 37.1 Å². The molecule has 0 aromatic heterocycles. The maximum Gasteiger partial charge on any atom is 0.149 e. The normalized spacial score (nSPS) is 10.0. The van der Waals surface area contributed by atoms with Crippen molar-refractivity contribution in [2.24, 2.45) is 0 Å². The molecule has 0 saturated carbocycles. The van der Waals surface area contributed by atoms with Crippen molar-refractivity contribution in [3.05, 3.63) is 28.8 Å². The van der Waals surface area contributed by atoms with E-state index in [9.17, 15) is 4.79 Å². The molecule has 0 aliphatic rings. The lowest BCUT2D eigenvalue weighted by Gasteiger charge is -2.18. The number of nitrogens with zero attached hydrogens (tertiary/aromatic N) is 1. The first-order chi connectivity index (χ1) is 6.50. The summed E-state index contributed by atoms with van der Waals surface area (Å²) in [6.45, 7) is 3.95. The van der Waals surface area contributed by atoms with Crippen molar-refractivity contribution in [1.29, 1.82) is 0 Å². The van der Waals surface area contributed by atoms with Crippen molar-refractivity contribution >= 4 is 23.1 Å². The number of halogens is 1. The average Bonchev–Trinajstić information content (AvgIpc) is 2.08. The van der Waals surface area contributed by atoms with Crippen LogP contribution in [-0.4, -0.2) is 19.4 Å². The van der Waals surface area contributed by atoms with Crippen LogP contribution in [0.5, 0.6) is 0 Å². The lowest BCUT2D eigenvalue weighted by Crippen LogP contribution is -2.23. The molecule has 0 saturated heterocycles. The van der Waals surface area contributed by atoms with Gasteiger partial charge in [-0.3, -0.25) is 4.79 Å². The Morgan fingerprint density at radius 1 is 1.50 bits per heavy atom. The Bertz CT molecular complexity index is 349. The number of carbonyl (C=O) groups excluding carboxylic acids is 1. The van der Waals surface area contributed by atoms with Gasteiger partial charge in [0.2, 0.25) is 0 Å². The Hall–Kier alpha value is -1.02. The maximum atomic E-state index is 10.9. The van der Waals surface area contributed by atoms with Crippen LogP contribution in [0, 0.1) is 6.92 Å². The summed E-state index contributed by atoms with van der Waals surface area (Å²) >= 11 is 5.98. The molecule has 1 aromatic carbocycles. The highest BCUT2D eigenvalue weighted by atomic mass is 35.5. The largest absolute Gasteiger partial charge is 0.367 e. The summed E-state index contributed by atoms with van der Waals surface area (Å²) in [4.78, 5) is 12.8. The highest BCUT2D eigenvalue weighted by molar-refractivity contribution is 6.31. The molecule has 1 aromatic rings. The van der Waals surface area contributed by atoms with Gasteiger partial charge in [-0.25, -0.2) is 0 Å². The number of carbonyl (C=O) groups is 1. The van der Waals surface area contributed by atoms with E-state index in [4.69, 9.17) is 11.6 Å². The second-order valence-corrected chi connectivity index (χ2v) is 3.90. The number of hydrogen-bond donors (Lipinski definition) is 0. The summed E-state index contributed by atoms with van der Waals surface area (Å²) in [6.07, 6.45) is 0. The number of aryl methyl sites for hydroxylation is 1. The Balaban J connectivity index is 2.85. The molecule has 14 heavy (non-hydrogen) atoms. The highest BCUT2D eigenvalue weighted by Gasteiger charge is 2.04. The topological polar surface area (TPSA) is 20.3 Å². The van der Waals surface area contributed by atoms with Crippen molar-refractivity contribution in [3.63, 3.8) is 0 Å². The van der Waals surface area contributed by atoms with E-state index in [1.54, 1.807) is 6.92 Å². The van der Waals surface area contributed by atoms with Gasteiger partial charge in [0.1, 0.15) is 5.78 Å². The molecular formula is C11H14ClNO. The van der Waals surface area contributed by atoms with Crippen molar-refractivity contribution in [2.75, 3.05) is 18.5 Å². The minimum absolute atomic E-state index is 0.143. The van der Waals surface area contributed by atoms with Crippen LogP contribution in [0.25, 0.3) is 0 Å². The molecular weight excluding hydrogens is 198 g/mol. The van der Waals surface area contributed by atoms with Gasteiger partial charge in [0.15, 0.2) is 0 Å². The van der Waals surface area contributed by atoms with Crippen LogP contribution < -0.4 is 4.90 Å². The molecule has 0 aliphatic carbocycles. The van der Waals surface area contributed by atoms with Gasteiger partial charge in [0.05, 0.1) is 6.54 Å². The smallest absolute Gasteiger partial charge is 0.149 e. The summed E-state index contributed by atoms with van der Waals surface area (Å²) in [5, 5.41) is 0.734. The van der Waals surface area contributed by atoms with Crippen LogP contribution >= 0.6 is 11.6 Å². The number of likely N-dealkylation sites (N-methyl/N-ethyl adjacent to an activating group) is 1. The van der Waals surface area contributed by atoms with Crippen molar-refractivity contribution in [1.82, 2.24) is 0 Å². The molecule has 76 valence electrons. The third-order valence-corrected chi connectivity index (χ3v) is 2.46. The molecule has 3 heteroatoms. The van der Waals surface area contributed by atoms with E-state index in [-0.39, 0.29) is 5.78 Å². The maximum absolute atomic E-state index is 10.9. The summed E-state index contributed by atoms with van der Waals surface area (Å²) in [5.41, 5.74) is 2.02. The lowest BCUT2D eigenvalue weighted by atomic mass is 10.2. The van der Waals surface area contributed by atoms with E-state index in [0.717, 1.165) is 16.3 Å². The zero-order valence-electron chi connectivity index (χ0n) is 8.67.